The van der Waals surface area contributed by atoms with Crippen molar-refractivity contribution in [2.24, 2.45) is 0 Å². The van der Waals surface area contributed by atoms with Crippen molar-refractivity contribution in [1.82, 2.24) is 10.6 Å². The summed E-state index contributed by atoms with van der Waals surface area (Å²) in [6.07, 6.45) is 0. The van der Waals surface area contributed by atoms with E-state index in [2.05, 4.69) is 16.0 Å². The average Bonchev–Trinajstić information content (AvgIpc) is 2.41. The van der Waals surface area contributed by atoms with Crippen LogP contribution in [0.3, 0.4) is 0 Å². The molecule has 1 aromatic rings. The number of amides is 2. The van der Waals surface area contributed by atoms with Crippen LogP contribution in [0.1, 0.15) is 10.4 Å². The average molecular weight is 298 g/mol. The van der Waals surface area contributed by atoms with Crippen molar-refractivity contribution in [1.29, 1.82) is 0 Å². The monoisotopic (exact) mass is 297 g/mol. The Bertz CT molecular complexity index is 566. The highest BCUT2D eigenvalue weighted by molar-refractivity contribution is 6.34. The van der Waals surface area contributed by atoms with Gasteiger partial charge in [-0.2, -0.15) is 0 Å². The molecule has 1 aliphatic rings. The lowest BCUT2D eigenvalue weighted by Gasteiger charge is -2.23. The lowest BCUT2D eigenvalue weighted by atomic mass is 10.2. The lowest BCUT2D eigenvalue weighted by Crippen LogP contribution is -2.56. The molecule has 1 atom stereocenters. The Kier molecular flexibility index (Phi) is 4.21. The van der Waals surface area contributed by atoms with Gasteiger partial charge in [0.05, 0.1) is 22.8 Å². The van der Waals surface area contributed by atoms with Crippen LogP contribution in [0.2, 0.25) is 5.02 Å². The van der Waals surface area contributed by atoms with Gasteiger partial charge in [0, 0.05) is 6.54 Å². The molecular weight excluding hydrogens is 286 g/mol. The third kappa shape index (κ3) is 3.25. The van der Waals surface area contributed by atoms with Gasteiger partial charge in [-0.1, -0.05) is 11.6 Å². The number of carboxylic acid groups (broad SMARTS) is 1. The van der Waals surface area contributed by atoms with Crippen molar-refractivity contribution in [3.05, 3.63) is 28.8 Å². The fourth-order valence-corrected chi connectivity index (χ4v) is 1.95. The molecule has 0 radical (unpaired) electrons. The van der Waals surface area contributed by atoms with Gasteiger partial charge in [-0.15, -0.1) is 0 Å². The van der Waals surface area contributed by atoms with Crippen molar-refractivity contribution >= 4 is 35.1 Å². The number of nitrogens with one attached hydrogen (secondary N) is 3. The van der Waals surface area contributed by atoms with Crippen LogP contribution < -0.4 is 16.0 Å². The van der Waals surface area contributed by atoms with E-state index in [-0.39, 0.29) is 35.5 Å². The van der Waals surface area contributed by atoms with Gasteiger partial charge >= 0.3 is 5.97 Å². The number of benzene rings is 1. The summed E-state index contributed by atoms with van der Waals surface area (Å²) in [5.74, 6) is -1.62. The molecule has 2 rings (SSSR count). The van der Waals surface area contributed by atoms with E-state index in [9.17, 15) is 14.4 Å². The van der Waals surface area contributed by atoms with Gasteiger partial charge in [-0.05, 0) is 18.2 Å². The van der Waals surface area contributed by atoms with Crippen molar-refractivity contribution in [3.63, 3.8) is 0 Å². The zero-order valence-corrected chi connectivity index (χ0v) is 11.0. The fourth-order valence-electron chi connectivity index (χ4n) is 1.72. The van der Waals surface area contributed by atoms with Gasteiger partial charge < -0.3 is 15.7 Å². The third-order valence-corrected chi connectivity index (χ3v) is 3.12. The highest BCUT2D eigenvalue weighted by Crippen LogP contribution is 2.23. The van der Waals surface area contributed by atoms with Gasteiger partial charge in [-0.3, -0.25) is 14.9 Å². The van der Waals surface area contributed by atoms with Gasteiger partial charge in [-0.25, -0.2) is 4.79 Å². The Hall–Kier alpha value is -2.12. The molecule has 0 bridgehead atoms. The molecule has 0 spiro atoms. The van der Waals surface area contributed by atoms with E-state index in [1.807, 2.05) is 0 Å². The molecule has 106 valence electrons. The predicted octanol–water partition coefficient (Wildman–Crippen LogP) is 0.0647. The van der Waals surface area contributed by atoms with Gasteiger partial charge in [0.2, 0.25) is 11.8 Å². The number of carbonyl (C=O) groups is 3. The maximum Gasteiger partial charge on any atom is 0.335 e. The molecule has 1 unspecified atom stereocenters. The quantitative estimate of drug-likeness (QED) is 0.631. The molecule has 1 heterocycles. The molecule has 20 heavy (non-hydrogen) atoms. The van der Waals surface area contributed by atoms with Gasteiger partial charge in [0.25, 0.3) is 0 Å². The Morgan fingerprint density at radius 2 is 2.15 bits per heavy atom. The third-order valence-electron chi connectivity index (χ3n) is 2.80. The summed E-state index contributed by atoms with van der Waals surface area (Å²) >= 11 is 5.91. The summed E-state index contributed by atoms with van der Waals surface area (Å²) in [5, 5.41) is 16.9. The van der Waals surface area contributed by atoms with E-state index in [0.29, 0.717) is 5.69 Å². The smallest absolute Gasteiger partial charge is 0.335 e. The number of hydrogen-bond acceptors (Lipinski definition) is 4. The maximum absolute atomic E-state index is 11.9. The van der Waals surface area contributed by atoms with E-state index in [4.69, 9.17) is 16.7 Å². The number of carbonyl (C=O) groups excluding carboxylic acids is 2. The Labute approximate surface area is 119 Å². The number of aromatic carboxylic acids is 1. The zero-order chi connectivity index (χ0) is 14.7. The summed E-state index contributed by atoms with van der Waals surface area (Å²) in [4.78, 5) is 33.7. The Morgan fingerprint density at radius 3 is 2.70 bits per heavy atom. The van der Waals surface area contributed by atoms with E-state index >= 15 is 0 Å². The van der Waals surface area contributed by atoms with Crippen molar-refractivity contribution in [2.75, 3.05) is 18.4 Å². The molecule has 1 aliphatic heterocycles. The molecule has 8 heteroatoms. The molecule has 1 aromatic carbocycles. The first-order valence-corrected chi connectivity index (χ1v) is 6.19. The second-order valence-electron chi connectivity index (χ2n) is 4.23. The topological polar surface area (TPSA) is 108 Å². The predicted molar refractivity (Wildman–Crippen MR) is 71.8 cm³/mol. The van der Waals surface area contributed by atoms with Crippen LogP contribution in [0.4, 0.5) is 5.69 Å². The van der Waals surface area contributed by atoms with Crippen LogP contribution in [0, 0.1) is 0 Å². The summed E-state index contributed by atoms with van der Waals surface area (Å²) in [6.45, 7) is 0.263. The molecule has 0 aromatic heterocycles. The minimum atomic E-state index is -1.10. The number of carboxylic acids is 1. The second kappa shape index (κ2) is 5.89. The number of hydrogen-bond donors (Lipinski definition) is 4. The van der Waals surface area contributed by atoms with Crippen molar-refractivity contribution in [3.8, 4) is 0 Å². The largest absolute Gasteiger partial charge is 0.478 e. The van der Waals surface area contributed by atoms with E-state index < -0.39 is 12.0 Å². The molecule has 0 saturated carbocycles. The molecule has 0 aliphatic carbocycles. The maximum atomic E-state index is 11.9. The Balaban J connectivity index is 2.04. The second-order valence-corrected chi connectivity index (χ2v) is 4.63. The van der Waals surface area contributed by atoms with Crippen LogP contribution >= 0.6 is 11.6 Å². The first-order valence-electron chi connectivity index (χ1n) is 5.81. The molecular formula is C12H12ClN3O4. The molecule has 1 fully saturated rings. The number of rotatable bonds is 3. The summed E-state index contributed by atoms with van der Waals surface area (Å²) in [5.41, 5.74) is 0.358. The van der Waals surface area contributed by atoms with E-state index in [0.717, 1.165) is 0 Å². The first kappa shape index (κ1) is 14.3. The first-order chi connectivity index (χ1) is 9.47. The minimum absolute atomic E-state index is 0.0380. The fraction of sp³-hybridized carbons (Fsp3) is 0.250. The van der Waals surface area contributed by atoms with Crippen LogP contribution in [-0.2, 0) is 9.59 Å². The van der Waals surface area contributed by atoms with Crippen LogP contribution in [0.25, 0.3) is 0 Å². The normalized spacial score (nSPS) is 18.2. The minimum Gasteiger partial charge on any atom is -0.478 e. The van der Waals surface area contributed by atoms with E-state index in [1.165, 1.54) is 18.2 Å². The van der Waals surface area contributed by atoms with Crippen LogP contribution in [-0.4, -0.2) is 42.0 Å². The summed E-state index contributed by atoms with van der Waals surface area (Å²) < 4.78 is 0. The molecule has 2 amide bonds. The lowest BCUT2D eigenvalue weighted by molar-refractivity contribution is -0.124. The van der Waals surface area contributed by atoms with Crippen molar-refractivity contribution < 1.29 is 19.5 Å². The Morgan fingerprint density at radius 1 is 1.40 bits per heavy atom. The van der Waals surface area contributed by atoms with Crippen molar-refractivity contribution in [2.45, 2.75) is 6.04 Å². The SMILES string of the molecule is O=C1CNC(C(=O)Nc2ccc(C(=O)O)cc2Cl)CN1. The molecule has 1 saturated heterocycles. The highest BCUT2D eigenvalue weighted by atomic mass is 35.5. The molecule has 4 N–H and O–H groups in total. The van der Waals surface area contributed by atoms with Crippen LogP contribution in [0.15, 0.2) is 18.2 Å². The van der Waals surface area contributed by atoms with Crippen LogP contribution in [0.5, 0.6) is 0 Å². The number of piperazine rings is 1. The van der Waals surface area contributed by atoms with Gasteiger partial charge in [0.1, 0.15) is 6.04 Å². The molecule has 7 nitrogen and oxygen atoms in total. The summed E-state index contributed by atoms with van der Waals surface area (Å²) in [7, 11) is 0. The zero-order valence-electron chi connectivity index (χ0n) is 10.3. The highest BCUT2D eigenvalue weighted by Gasteiger charge is 2.24. The van der Waals surface area contributed by atoms with Gasteiger partial charge in [0.15, 0.2) is 0 Å². The van der Waals surface area contributed by atoms with E-state index in [1.54, 1.807) is 0 Å². The summed E-state index contributed by atoms with van der Waals surface area (Å²) in [6, 6.07) is 3.48. The standard InChI is InChI=1S/C12H12ClN3O4/c13-7-3-6(12(19)20)1-2-8(7)16-11(18)9-4-15-10(17)5-14-9/h1-3,9,14H,4-5H2,(H,15,17)(H,16,18)(H,19,20). The number of anilines is 1. The number of halogens is 1.